The maximum Gasteiger partial charge on any atom is 0.307 e. The highest BCUT2D eigenvalue weighted by molar-refractivity contribution is 5.70. The lowest BCUT2D eigenvalue weighted by atomic mass is 10.0. The summed E-state index contributed by atoms with van der Waals surface area (Å²) in [5.74, 6) is -0.413. The SMILES string of the molecule is CCOC(=O)CC(Cc1ccc(F)cc1)NC1CC1. The van der Waals surface area contributed by atoms with Crippen LogP contribution in [0.1, 0.15) is 31.7 Å². The minimum Gasteiger partial charge on any atom is -0.466 e. The van der Waals surface area contributed by atoms with Crippen LogP contribution in [-0.4, -0.2) is 24.7 Å². The molecule has 19 heavy (non-hydrogen) atoms. The Bertz CT molecular complexity index is 415. The third kappa shape index (κ3) is 4.99. The van der Waals surface area contributed by atoms with E-state index < -0.39 is 0 Å². The lowest BCUT2D eigenvalue weighted by Gasteiger charge is -2.17. The number of hydrogen-bond donors (Lipinski definition) is 1. The van der Waals surface area contributed by atoms with Gasteiger partial charge in [-0.2, -0.15) is 0 Å². The molecule has 0 aliphatic heterocycles. The molecule has 104 valence electrons. The van der Waals surface area contributed by atoms with Gasteiger partial charge in [0.2, 0.25) is 0 Å². The molecule has 1 unspecified atom stereocenters. The molecule has 1 aromatic rings. The van der Waals surface area contributed by atoms with Crippen molar-refractivity contribution in [3.63, 3.8) is 0 Å². The van der Waals surface area contributed by atoms with Crippen LogP contribution >= 0.6 is 0 Å². The third-order valence-corrected chi connectivity index (χ3v) is 3.16. The van der Waals surface area contributed by atoms with Crippen molar-refractivity contribution in [2.24, 2.45) is 0 Å². The quantitative estimate of drug-likeness (QED) is 0.770. The number of esters is 1. The average Bonchev–Trinajstić information content (AvgIpc) is 3.16. The molecule has 1 aromatic carbocycles. The van der Waals surface area contributed by atoms with Gasteiger partial charge in [0, 0.05) is 12.1 Å². The Balaban J connectivity index is 1.92. The van der Waals surface area contributed by atoms with Crippen LogP contribution in [0.5, 0.6) is 0 Å². The van der Waals surface area contributed by atoms with Crippen molar-refractivity contribution in [3.8, 4) is 0 Å². The highest BCUT2D eigenvalue weighted by Gasteiger charge is 2.26. The minimum atomic E-state index is -0.235. The highest BCUT2D eigenvalue weighted by Crippen LogP contribution is 2.21. The molecule has 0 saturated heterocycles. The van der Waals surface area contributed by atoms with Crippen LogP contribution in [0.3, 0.4) is 0 Å². The second-order valence-corrected chi connectivity index (χ2v) is 4.98. The van der Waals surface area contributed by atoms with Gasteiger partial charge in [0.05, 0.1) is 13.0 Å². The summed E-state index contributed by atoms with van der Waals surface area (Å²) in [5, 5.41) is 3.45. The smallest absolute Gasteiger partial charge is 0.307 e. The molecule has 1 aliphatic carbocycles. The molecular weight excluding hydrogens is 245 g/mol. The molecule has 0 spiro atoms. The van der Waals surface area contributed by atoms with E-state index in [1.807, 2.05) is 0 Å². The number of ether oxygens (including phenoxy) is 1. The Morgan fingerprint density at radius 1 is 1.42 bits per heavy atom. The molecule has 0 amide bonds. The fourth-order valence-corrected chi connectivity index (χ4v) is 2.10. The van der Waals surface area contributed by atoms with Crippen LogP contribution < -0.4 is 5.32 Å². The number of benzene rings is 1. The summed E-state index contributed by atoms with van der Waals surface area (Å²) in [6, 6.07) is 7.03. The van der Waals surface area contributed by atoms with E-state index in [0.717, 1.165) is 12.0 Å². The topological polar surface area (TPSA) is 38.3 Å². The Morgan fingerprint density at radius 2 is 2.11 bits per heavy atom. The summed E-state index contributed by atoms with van der Waals surface area (Å²) in [4.78, 5) is 11.6. The summed E-state index contributed by atoms with van der Waals surface area (Å²) >= 11 is 0. The predicted octanol–water partition coefficient (Wildman–Crippen LogP) is 2.44. The van der Waals surface area contributed by atoms with Crippen LogP contribution in [0.4, 0.5) is 4.39 Å². The molecule has 1 N–H and O–H groups in total. The fourth-order valence-electron chi connectivity index (χ4n) is 2.10. The lowest BCUT2D eigenvalue weighted by molar-refractivity contribution is -0.143. The number of rotatable bonds is 7. The van der Waals surface area contributed by atoms with Gasteiger partial charge >= 0.3 is 5.97 Å². The van der Waals surface area contributed by atoms with Gasteiger partial charge in [-0.05, 0) is 43.9 Å². The van der Waals surface area contributed by atoms with Gasteiger partial charge in [-0.15, -0.1) is 0 Å². The number of halogens is 1. The van der Waals surface area contributed by atoms with Gasteiger partial charge in [0.15, 0.2) is 0 Å². The first kappa shape index (κ1) is 14.0. The summed E-state index contributed by atoms with van der Waals surface area (Å²) in [6.07, 6.45) is 3.42. The van der Waals surface area contributed by atoms with Gasteiger partial charge in [0.25, 0.3) is 0 Å². The maximum atomic E-state index is 12.9. The van der Waals surface area contributed by atoms with Gasteiger partial charge in [-0.25, -0.2) is 4.39 Å². The lowest BCUT2D eigenvalue weighted by Crippen LogP contribution is -2.35. The number of carbonyl (C=O) groups excluding carboxylic acids is 1. The summed E-state index contributed by atoms with van der Waals surface area (Å²) < 4.78 is 17.9. The van der Waals surface area contributed by atoms with Crippen molar-refractivity contribution in [3.05, 3.63) is 35.6 Å². The molecule has 2 rings (SSSR count). The standard InChI is InChI=1S/C15H20FNO2/c1-2-19-15(18)10-14(17-13-7-8-13)9-11-3-5-12(16)6-4-11/h3-6,13-14,17H,2,7-10H2,1H3. The highest BCUT2D eigenvalue weighted by atomic mass is 19.1. The van der Waals surface area contributed by atoms with Crippen LogP contribution in [0.2, 0.25) is 0 Å². The zero-order valence-electron chi connectivity index (χ0n) is 11.2. The van der Waals surface area contributed by atoms with E-state index in [2.05, 4.69) is 5.32 Å². The largest absolute Gasteiger partial charge is 0.466 e. The van der Waals surface area contributed by atoms with Crippen molar-refractivity contribution in [2.75, 3.05) is 6.61 Å². The van der Waals surface area contributed by atoms with E-state index in [9.17, 15) is 9.18 Å². The predicted molar refractivity (Wildman–Crippen MR) is 71.3 cm³/mol. The van der Waals surface area contributed by atoms with Crippen molar-refractivity contribution in [1.82, 2.24) is 5.32 Å². The first-order valence-electron chi connectivity index (χ1n) is 6.83. The van der Waals surface area contributed by atoms with Crippen molar-refractivity contribution >= 4 is 5.97 Å². The first-order valence-corrected chi connectivity index (χ1v) is 6.83. The van der Waals surface area contributed by atoms with Crippen LogP contribution in [-0.2, 0) is 16.0 Å². The summed E-state index contributed by atoms with van der Waals surface area (Å²) in [7, 11) is 0. The molecule has 1 atom stereocenters. The van der Waals surface area contributed by atoms with E-state index in [1.54, 1.807) is 19.1 Å². The van der Waals surface area contributed by atoms with E-state index >= 15 is 0 Å². The average molecular weight is 265 g/mol. The van der Waals surface area contributed by atoms with E-state index in [1.165, 1.54) is 25.0 Å². The Labute approximate surface area is 113 Å². The Hall–Kier alpha value is -1.42. The number of nitrogens with one attached hydrogen (secondary N) is 1. The van der Waals surface area contributed by atoms with Gasteiger partial charge in [-0.3, -0.25) is 4.79 Å². The Morgan fingerprint density at radius 3 is 2.68 bits per heavy atom. The molecule has 0 radical (unpaired) electrons. The zero-order chi connectivity index (χ0) is 13.7. The minimum absolute atomic E-state index is 0.0667. The molecule has 0 bridgehead atoms. The van der Waals surface area contributed by atoms with Gasteiger partial charge in [0.1, 0.15) is 5.82 Å². The number of hydrogen-bond acceptors (Lipinski definition) is 3. The van der Waals surface area contributed by atoms with E-state index in [-0.39, 0.29) is 17.8 Å². The second kappa shape index (κ2) is 6.66. The zero-order valence-corrected chi connectivity index (χ0v) is 11.2. The molecule has 0 heterocycles. The second-order valence-electron chi connectivity index (χ2n) is 4.98. The van der Waals surface area contributed by atoms with Crippen LogP contribution in [0.25, 0.3) is 0 Å². The van der Waals surface area contributed by atoms with Crippen LogP contribution in [0, 0.1) is 5.82 Å². The van der Waals surface area contributed by atoms with Gasteiger partial charge in [-0.1, -0.05) is 12.1 Å². The van der Waals surface area contributed by atoms with E-state index in [4.69, 9.17) is 4.74 Å². The Kier molecular flexibility index (Phi) is 4.91. The summed E-state index contributed by atoms with van der Waals surface area (Å²) in [6.45, 7) is 2.22. The fraction of sp³-hybridized carbons (Fsp3) is 0.533. The van der Waals surface area contributed by atoms with E-state index in [0.29, 0.717) is 19.1 Å². The van der Waals surface area contributed by atoms with Crippen molar-refractivity contribution in [1.29, 1.82) is 0 Å². The van der Waals surface area contributed by atoms with Crippen molar-refractivity contribution < 1.29 is 13.9 Å². The summed E-state index contributed by atoms with van der Waals surface area (Å²) in [5.41, 5.74) is 1.03. The molecule has 1 fully saturated rings. The molecule has 4 heteroatoms. The normalized spacial score (nSPS) is 16.1. The van der Waals surface area contributed by atoms with Gasteiger partial charge < -0.3 is 10.1 Å². The molecule has 1 saturated carbocycles. The third-order valence-electron chi connectivity index (χ3n) is 3.16. The molecule has 1 aliphatic rings. The molecule has 0 aromatic heterocycles. The first-order chi connectivity index (χ1) is 9.17. The van der Waals surface area contributed by atoms with Crippen LogP contribution in [0.15, 0.2) is 24.3 Å². The molecule has 3 nitrogen and oxygen atoms in total. The number of carbonyl (C=O) groups is 1. The molecular formula is C15H20FNO2. The maximum absolute atomic E-state index is 12.9. The monoisotopic (exact) mass is 265 g/mol. The van der Waals surface area contributed by atoms with Crippen molar-refractivity contribution in [2.45, 2.75) is 44.7 Å².